The highest BCUT2D eigenvalue weighted by molar-refractivity contribution is 5.69. The SMILES string of the molecule is CCCCCCCCCOC(=O)CCCCCCCN(CCCCCCCC(=O)OC(CCCCCC)CCCCCCCC)CCc1nc(C)no1. The van der Waals surface area contributed by atoms with Crippen LogP contribution in [0.3, 0.4) is 0 Å². The van der Waals surface area contributed by atoms with Gasteiger partial charge in [-0.1, -0.05) is 154 Å². The van der Waals surface area contributed by atoms with Crippen LogP contribution in [0.15, 0.2) is 4.52 Å². The predicted molar refractivity (Wildman–Crippen MR) is 220 cm³/mol. The Labute approximate surface area is 327 Å². The third-order valence-corrected chi connectivity index (χ3v) is 10.5. The molecule has 0 fully saturated rings. The second-order valence-electron chi connectivity index (χ2n) is 15.7. The van der Waals surface area contributed by atoms with Crippen molar-refractivity contribution in [3.05, 3.63) is 11.7 Å². The average molecular weight is 748 g/mol. The summed E-state index contributed by atoms with van der Waals surface area (Å²) < 4.78 is 16.8. The van der Waals surface area contributed by atoms with Crippen LogP contribution in [0.25, 0.3) is 0 Å². The third-order valence-electron chi connectivity index (χ3n) is 10.5. The van der Waals surface area contributed by atoms with Gasteiger partial charge >= 0.3 is 11.9 Å². The molecule has 0 spiro atoms. The van der Waals surface area contributed by atoms with E-state index in [2.05, 4.69) is 35.8 Å². The van der Waals surface area contributed by atoms with Crippen LogP contribution in [0.4, 0.5) is 0 Å². The highest BCUT2D eigenvalue weighted by Crippen LogP contribution is 2.18. The van der Waals surface area contributed by atoms with Crippen molar-refractivity contribution in [3.8, 4) is 0 Å². The predicted octanol–water partition coefficient (Wildman–Crippen LogP) is 12.8. The van der Waals surface area contributed by atoms with Crippen LogP contribution in [0, 0.1) is 6.92 Å². The fraction of sp³-hybridized carbons (Fsp3) is 0.911. The molecular weight excluding hydrogens is 663 g/mol. The number of nitrogens with zero attached hydrogens (tertiary/aromatic N) is 3. The van der Waals surface area contributed by atoms with Crippen LogP contribution < -0.4 is 0 Å². The van der Waals surface area contributed by atoms with E-state index in [0.29, 0.717) is 31.2 Å². The summed E-state index contributed by atoms with van der Waals surface area (Å²) in [6.45, 7) is 12.3. The number of hydrogen-bond acceptors (Lipinski definition) is 8. The van der Waals surface area contributed by atoms with Gasteiger partial charge in [0.15, 0.2) is 5.82 Å². The lowest BCUT2D eigenvalue weighted by Crippen LogP contribution is -2.28. The summed E-state index contributed by atoms with van der Waals surface area (Å²) >= 11 is 0. The van der Waals surface area contributed by atoms with Gasteiger partial charge in [-0.05, 0) is 77.8 Å². The Morgan fingerprint density at radius 2 is 1.02 bits per heavy atom. The molecule has 0 N–H and O–H groups in total. The lowest BCUT2D eigenvalue weighted by Gasteiger charge is -2.21. The van der Waals surface area contributed by atoms with E-state index < -0.39 is 0 Å². The van der Waals surface area contributed by atoms with E-state index in [1.165, 1.54) is 116 Å². The molecule has 8 nitrogen and oxygen atoms in total. The van der Waals surface area contributed by atoms with Crippen molar-refractivity contribution in [3.63, 3.8) is 0 Å². The summed E-state index contributed by atoms with van der Waals surface area (Å²) in [5, 5.41) is 3.95. The van der Waals surface area contributed by atoms with Gasteiger partial charge in [-0.25, -0.2) is 0 Å². The highest BCUT2D eigenvalue weighted by atomic mass is 16.5. The van der Waals surface area contributed by atoms with E-state index in [0.717, 1.165) is 96.7 Å². The van der Waals surface area contributed by atoms with E-state index >= 15 is 0 Å². The van der Waals surface area contributed by atoms with Crippen LogP contribution in [0.2, 0.25) is 0 Å². The first-order valence-corrected chi connectivity index (χ1v) is 22.8. The van der Waals surface area contributed by atoms with Gasteiger partial charge in [0.25, 0.3) is 0 Å². The van der Waals surface area contributed by atoms with Crippen LogP contribution in [0.5, 0.6) is 0 Å². The van der Waals surface area contributed by atoms with Gasteiger partial charge in [-0.3, -0.25) is 9.59 Å². The molecule has 0 bridgehead atoms. The first kappa shape index (κ1) is 49.1. The monoisotopic (exact) mass is 748 g/mol. The molecule has 0 aromatic carbocycles. The van der Waals surface area contributed by atoms with Crippen LogP contribution in [-0.2, 0) is 25.5 Å². The number of esters is 2. The lowest BCUT2D eigenvalue weighted by molar-refractivity contribution is -0.150. The van der Waals surface area contributed by atoms with Crippen molar-refractivity contribution >= 4 is 11.9 Å². The van der Waals surface area contributed by atoms with E-state index in [9.17, 15) is 9.59 Å². The second-order valence-corrected chi connectivity index (χ2v) is 15.7. The van der Waals surface area contributed by atoms with Gasteiger partial charge < -0.3 is 18.9 Å². The number of ether oxygens (including phenoxy) is 2. The Morgan fingerprint density at radius 1 is 0.566 bits per heavy atom. The first-order valence-electron chi connectivity index (χ1n) is 22.8. The van der Waals surface area contributed by atoms with Gasteiger partial charge in [0.05, 0.1) is 6.61 Å². The van der Waals surface area contributed by atoms with Gasteiger partial charge in [0.1, 0.15) is 6.10 Å². The number of carbonyl (C=O) groups is 2. The van der Waals surface area contributed by atoms with Crippen molar-refractivity contribution in [2.24, 2.45) is 0 Å². The zero-order chi connectivity index (χ0) is 38.5. The number of unbranched alkanes of at least 4 members (excludes halogenated alkanes) is 22. The molecule has 1 aromatic heterocycles. The molecule has 0 amide bonds. The standard InChI is InChI=1S/C45H85N3O5/c1-5-8-11-14-16-24-31-40-51-44(49)34-27-20-17-22-29-37-48(39-36-43-46-41(4)47-53-43)38-30-23-18-21-28-35-45(50)52-42(32-25-13-10-7-3)33-26-19-15-12-9-6-2/h42H,5-40H2,1-4H3. The average Bonchev–Trinajstić information content (AvgIpc) is 3.58. The van der Waals surface area contributed by atoms with Crippen molar-refractivity contribution in [2.75, 3.05) is 26.2 Å². The maximum absolute atomic E-state index is 12.7. The van der Waals surface area contributed by atoms with Crippen LogP contribution in [-0.4, -0.2) is 59.3 Å². The van der Waals surface area contributed by atoms with Crippen molar-refractivity contribution < 1.29 is 23.6 Å². The molecule has 0 aliphatic carbocycles. The molecule has 1 aromatic rings. The van der Waals surface area contributed by atoms with Gasteiger partial charge in [-0.15, -0.1) is 0 Å². The minimum Gasteiger partial charge on any atom is -0.466 e. The molecule has 0 aliphatic rings. The van der Waals surface area contributed by atoms with Crippen molar-refractivity contribution in [1.82, 2.24) is 15.0 Å². The van der Waals surface area contributed by atoms with E-state index in [-0.39, 0.29) is 18.0 Å². The molecule has 1 atom stereocenters. The molecule has 0 aliphatic heterocycles. The quantitative estimate of drug-likeness (QED) is 0.0484. The van der Waals surface area contributed by atoms with Crippen LogP contribution >= 0.6 is 0 Å². The van der Waals surface area contributed by atoms with Crippen molar-refractivity contribution in [2.45, 2.75) is 239 Å². The summed E-state index contributed by atoms with van der Waals surface area (Å²) in [5.74, 6) is 1.39. The second kappa shape index (κ2) is 37.0. The summed E-state index contributed by atoms with van der Waals surface area (Å²) in [6, 6.07) is 0. The zero-order valence-electron chi connectivity index (χ0n) is 35.4. The molecule has 1 rings (SSSR count). The molecule has 310 valence electrons. The fourth-order valence-electron chi connectivity index (χ4n) is 7.08. The Kier molecular flexibility index (Phi) is 34.2. The Bertz CT molecular complexity index is 954. The van der Waals surface area contributed by atoms with Crippen LogP contribution in [0.1, 0.15) is 232 Å². The largest absolute Gasteiger partial charge is 0.466 e. The van der Waals surface area contributed by atoms with Gasteiger partial charge in [-0.2, -0.15) is 4.98 Å². The van der Waals surface area contributed by atoms with Gasteiger partial charge in [0, 0.05) is 25.8 Å². The number of carbonyl (C=O) groups excluding carboxylic acids is 2. The Balaban J connectivity index is 2.24. The molecule has 0 saturated carbocycles. The van der Waals surface area contributed by atoms with E-state index in [4.69, 9.17) is 14.0 Å². The van der Waals surface area contributed by atoms with E-state index in [1.54, 1.807) is 0 Å². The maximum atomic E-state index is 12.7. The molecule has 8 heteroatoms. The number of rotatable bonds is 40. The zero-order valence-corrected chi connectivity index (χ0v) is 35.4. The molecule has 0 saturated heterocycles. The van der Waals surface area contributed by atoms with E-state index in [1.807, 2.05) is 6.92 Å². The van der Waals surface area contributed by atoms with Gasteiger partial charge in [0.2, 0.25) is 5.89 Å². The minimum absolute atomic E-state index is 0.0117. The summed E-state index contributed by atoms with van der Waals surface area (Å²) in [5.41, 5.74) is 0. The number of aromatic nitrogens is 2. The molecule has 53 heavy (non-hydrogen) atoms. The number of aryl methyl sites for hydroxylation is 1. The summed E-state index contributed by atoms with van der Waals surface area (Å²) in [6.07, 6.45) is 36.3. The lowest BCUT2D eigenvalue weighted by atomic mass is 10.0. The van der Waals surface area contributed by atoms with Crippen molar-refractivity contribution in [1.29, 1.82) is 0 Å². The molecule has 0 radical (unpaired) electrons. The first-order chi connectivity index (χ1) is 26.0. The minimum atomic E-state index is -0.0287. The smallest absolute Gasteiger partial charge is 0.306 e. The Morgan fingerprint density at radius 3 is 1.55 bits per heavy atom. The molecule has 1 heterocycles. The normalized spacial score (nSPS) is 12.1. The molecule has 1 unspecified atom stereocenters. The molecular formula is C45H85N3O5. The fourth-order valence-corrected chi connectivity index (χ4v) is 7.08. The maximum Gasteiger partial charge on any atom is 0.306 e. The summed E-state index contributed by atoms with van der Waals surface area (Å²) in [7, 11) is 0. The summed E-state index contributed by atoms with van der Waals surface area (Å²) in [4.78, 5) is 31.7. The third kappa shape index (κ3) is 32.0. The topological polar surface area (TPSA) is 94.8 Å². The number of hydrogen-bond donors (Lipinski definition) is 0. The highest BCUT2D eigenvalue weighted by Gasteiger charge is 2.15. The Hall–Kier alpha value is -1.96.